The third-order valence-corrected chi connectivity index (χ3v) is 2.39. The normalized spacial score (nSPS) is 11.8. The zero-order valence-corrected chi connectivity index (χ0v) is 7.58. The van der Waals surface area contributed by atoms with Gasteiger partial charge in [0.2, 0.25) is 0 Å². The molecule has 2 radical (unpaired) electrons. The molecule has 1 aromatic carbocycles. The van der Waals surface area contributed by atoms with Gasteiger partial charge in [-0.1, -0.05) is 0 Å². The van der Waals surface area contributed by atoms with Crippen LogP contribution < -0.4 is 5.46 Å². The summed E-state index contributed by atoms with van der Waals surface area (Å²) >= 11 is 0. The first kappa shape index (κ1) is 12.0. The Bertz CT molecular complexity index is 499. The molecular formula is C6HBF4O3S. The molecule has 0 aliphatic heterocycles. The van der Waals surface area contributed by atoms with Gasteiger partial charge in [0.05, 0.1) is 0 Å². The van der Waals surface area contributed by atoms with Crippen LogP contribution in [0.2, 0.25) is 0 Å². The highest BCUT2D eigenvalue weighted by Gasteiger charge is 2.30. The second-order valence-electron chi connectivity index (χ2n) is 2.47. The second kappa shape index (κ2) is 3.49. The SMILES string of the molecule is [B]c1c(F)c(F)c(S(=O)(=O)O)c(F)c1F. The first-order chi connectivity index (χ1) is 6.68. The van der Waals surface area contributed by atoms with E-state index in [1.54, 1.807) is 0 Å². The lowest BCUT2D eigenvalue weighted by Crippen LogP contribution is -2.22. The van der Waals surface area contributed by atoms with Gasteiger partial charge < -0.3 is 0 Å². The van der Waals surface area contributed by atoms with E-state index in [1.807, 2.05) is 0 Å². The lowest BCUT2D eigenvalue weighted by Gasteiger charge is -2.06. The summed E-state index contributed by atoms with van der Waals surface area (Å²) < 4.78 is 80.0. The Balaban J connectivity index is 3.84. The average molecular weight is 240 g/mol. The van der Waals surface area contributed by atoms with E-state index in [9.17, 15) is 26.0 Å². The fourth-order valence-corrected chi connectivity index (χ4v) is 1.49. The first-order valence-electron chi connectivity index (χ1n) is 3.26. The quantitative estimate of drug-likeness (QED) is 0.332. The summed E-state index contributed by atoms with van der Waals surface area (Å²) in [4.78, 5) is -2.10. The molecule has 0 fully saturated rings. The minimum absolute atomic E-state index is 1.50. The van der Waals surface area contributed by atoms with E-state index >= 15 is 0 Å². The molecule has 0 amide bonds. The largest absolute Gasteiger partial charge is 0.300 e. The van der Waals surface area contributed by atoms with Crippen molar-refractivity contribution in [3.05, 3.63) is 23.3 Å². The second-order valence-corrected chi connectivity index (χ2v) is 3.83. The van der Waals surface area contributed by atoms with Gasteiger partial charge in [0.1, 0.15) is 7.85 Å². The average Bonchev–Trinajstić information content (AvgIpc) is 2.09. The third kappa shape index (κ3) is 1.84. The van der Waals surface area contributed by atoms with E-state index in [4.69, 9.17) is 4.55 Å². The molecule has 15 heavy (non-hydrogen) atoms. The van der Waals surface area contributed by atoms with E-state index < -0.39 is 43.7 Å². The minimum Gasteiger partial charge on any atom is -0.282 e. The number of benzene rings is 1. The minimum atomic E-state index is -5.41. The number of halogens is 4. The van der Waals surface area contributed by atoms with Crippen LogP contribution in [0.5, 0.6) is 0 Å². The van der Waals surface area contributed by atoms with Gasteiger partial charge in [0, 0.05) is 0 Å². The molecule has 0 aromatic heterocycles. The highest BCUT2D eigenvalue weighted by Crippen LogP contribution is 2.21. The predicted octanol–water partition coefficient (Wildman–Crippen LogP) is 0.284. The lowest BCUT2D eigenvalue weighted by atomic mass is 9.94. The van der Waals surface area contributed by atoms with Crippen molar-refractivity contribution in [2.75, 3.05) is 0 Å². The van der Waals surface area contributed by atoms with Crippen LogP contribution in [0.4, 0.5) is 17.6 Å². The van der Waals surface area contributed by atoms with E-state index in [1.165, 1.54) is 0 Å². The van der Waals surface area contributed by atoms with Crippen molar-refractivity contribution in [2.24, 2.45) is 0 Å². The Hall–Kier alpha value is -1.09. The molecule has 0 spiro atoms. The number of hydrogen-bond donors (Lipinski definition) is 1. The van der Waals surface area contributed by atoms with Crippen molar-refractivity contribution in [3.63, 3.8) is 0 Å². The first-order valence-corrected chi connectivity index (χ1v) is 4.70. The summed E-state index contributed by atoms with van der Waals surface area (Å²) in [6.07, 6.45) is 0. The van der Waals surface area contributed by atoms with Gasteiger partial charge in [-0.2, -0.15) is 8.42 Å². The van der Waals surface area contributed by atoms with Gasteiger partial charge in [-0.05, 0) is 5.46 Å². The fraction of sp³-hybridized carbons (Fsp3) is 0. The zero-order valence-electron chi connectivity index (χ0n) is 6.76. The van der Waals surface area contributed by atoms with Gasteiger partial charge in [0.25, 0.3) is 0 Å². The third-order valence-electron chi connectivity index (χ3n) is 1.52. The zero-order chi connectivity index (χ0) is 12.0. The van der Waals surface area contributed by atoms with Crippen LogP contribution in [0.3, 0.4) is 0 Å². The molecule has 0 aliphatic carbocycles. The Morgan fingerprint density at radius 3 is 1.53 bits per heavy atom. The van der Waals surface area contributed by atoms with Crippen molar-refractivity contribution in [1.29, 1.82) is 0 Å². The molecule has 0 unspecified atom stereocenters. The van der Waals surface area contributed by atoms with E-state index in [2.05, 4.69) is 7.85 Å². The van der Waals surface area contributed by atoms with Gasteiger partial charge in [0.15, 0.2) is 28.2 Å². The molecule has 1 aromatic rings. The molecule has 0 aliphatic rings. The van der Waals surface area contributed by atoms with Crippen LogP contribution >= 0.6 is 0 Å². The standard InChI is InChI=1S/C6HBF4O3S/c7-1-2(8)4(10)6(15(12,13)14)5(11)3(1)9/h(H,12,13,14). The summed E-state index contributed by atoms with van der Waals surface area (Å²) in [5.74, 6) is -8.70. The number of hydrogen-bond acceptors (Lipinski definition) is 2. The molecule has 0 heterocycles. The number of rotatable bonds is 1. The van der Waals surface area contributed by atoms with E-state index in [-0.39, 0.29) is 0 Å². The molecule has 9 heteroatoms. The molecule has 0 saturated heterocycles. The molecule has 3 nitrogen and oxygen atoms in total. The van der Waals surface area contributed by atoms with Crippen molar-refractivity contribution in [1.82, 2.24) is 0 Å². The summed E-state index contributed by atoms with van der Waals surface area (Å²) in [6.45, 7) is 0. The Kier molecular flexibility index (Phi) is 2.79. The lowest BCUT2D eigenvalue weighted by molar-refractivity contribution is 0.410. The van der Waals surface area contributed by atoms with Gasteiger partial charge in [-0.15, -0.1) is 0 Å². The Morgan fingerprint density at radius 1 is 0.933 bits per heavy atom. The van der Waals surface area contributed by atoms with Crippen molar-refractivity contribution >= 4 is 23.4 Å². The highest BCUT2D eigenvalue weighted by atomic mass is 32.2. The molecule has 1 rings (SSSR count). The van der Waals surface area contributed by atoms with Crippen LogP contribution in [-0.4, -0.2) is 20.8 Å². The van der Waals surface area contributed by atoms with E-state index in [0.29, 0.717) is 0 Å². The predicted molar refractivity (Wildman–Crippen MR) is 41.5 cm³/mol. The maximum Gasteiger partial charge on any atom is 0.300 e. The van der Waals surface area contributed by atoms with Crippen LogP contribution in [0.25, 0.3) is 0 Å². The van der Waals surface area contributed by atoms with E-state index in [0.717, 1.165) is 0 Å². The van der Waals surface area contributed by atoms with Gasteiger partial charge in [-0.25, -0.2) is 17.6 Å². The fourth-order valence-electron chi connectivity index (χ4n) is 0.855. The topological polar surface area (TPSA) is 54.4 Å². The molecular weight excluding hydrogens is 239 g/mol. The molecule has 1 N–H and O–H groups in total. The van der Waals surface area contributed by atoms with Crippen LogP contribution in [-0.2, 0) is 10.1 Å². The summed E-state index contributed by atoms with van der Waals surface area (Å²) in [5.41, 5.74) is -1.50. The maximum absolute atomic E-state index is 12.8. The van der Waals surface area contributed by atoms with Gasteiger partial charge in [-0.3, -0.25) is 4.55 Å². The van der Waals surface area contributed by atoms with Crippen LogP contribution in [0.1, 0.15) is 0 Å². The van der Waals surface area contributed by atoms with Gasteiger partial charge >= 0.3 is 10.1 Å². The molecule has 80 valence electrons. The van der Waals surface area contributed by atoms with Crippen LogP contribution in [0.15, 0.2) is 4.90 Å². The van der Waals surface area contributed by atoms with Crippen molar-refractivity contribution in [3.8, 4) is 0 Å². The molecule has 0 bridgehead atoms. The highest BCUT2D eigenvalue weighted by molar-refractivity contribution is 7.85. The summed E-state index contributed by atoms with van der Waals surface area (Å²) in [7, 11) is -0.822. The summed E-state index contributed by atoms with van der Waals surface area (Å²) in [6, 6.07) is 0. The van der Waals surface area contributed by atoms with Crippen molar-refractivity contribution in [2.45, 2.75) is 4.90 Å². The Labute approximate surface area is 82.9 Å². The summed E-state index contributed by atoms with van der Waals surface area (Å²) in [5, 5.41) is 0. The Morgan fingerprint density at radius 2 is 1.27 bits per heavy atom. The maximum atomic E-state index is 12.8. The van der Waals surface area contributed by atoms with Crippen molar-refractivity contribution < 1.29 is 30.5 Å². The monoisotopic (exact) mass is 240 g/mol. The van der Waals surface area contributed by atoms with Crippen LogP contribution in [0, 0.1) is 23.3 Å². The molecule has 0 saturated carbocycles. The molecule has 0 atom stereocenters. The smallest absolute Gasteiger partial charge is 0.282 e.